The Bertz CT molecular complexity index is 368. The van der Waals surface area contributed by atoms with E-state index in [1.807, 2.05) is 20.8 Å². The molecule has 1 unspecified atom stereocenters. The minimum atomic E-state index is -0.446. The maximum absolute atomic E-state index is 11.6. The molecule has 0 aliphatic carbocycles. The maximum atomic E-state index is 11.6. The van der Waals surface area contributed by atoms with Crippen molar-refractivity contribution < 1.29 is 14.4 Å². The molecule has 102 valence electrons. The Morgan fingerprint density at radius 2 is 2.22 bits per heavy atom. The number of aryl methyl sites for hydroxylation is 2. The topological polar surface area (TPSA) is 75.4 Å². The summed E-state index contributed by atoms with van der Waals surface area (Å²) in [5.74, 6) is 0.719. The normalized spacial score (nSPS) is 12.4. The summed E-state index contributed by atoms with van der Waals surface area (Å²) in [7, 11) is 0. The second kappa shape index (κ2) is 7.16. The summed E-state index contributed by atoms with van der Waals surface area (Å²) in [5, 5.41) is 16.1. The number of aliphatic hydroxyl groups is 1. The molecule has 1 amide bonds. The summed E-state index contributed by atoms with van der Waals surface area (Å²) < 4.78 is 5.04. The van der Waals surface area contributed by atoms with Crippen molar-refractivity contribution >= 4 is 5.91 Å². The summed E-state index contributed by atoms with van der Waals surface area (Å²) in [6.07, 6.45) is 2.19. The fourth-order valence-corrected chi connectivity index (χ4v) is 1.85. The Hall–Kier alpha value is -1.36. The Morgan fingerprint density at radius 3 is 2.78 bits per heavy atom. The van der Waals surface area contributed by atoms with E-state index in [1.54, 1.807) is 0 Å². The first-order valence-electron chi connectivity index (χ1n) is 6.41. The molecular weight excluding hydrogens is 232 g/mol. The van der Waals surface area contributed by atoms with Gasteiger partial charge in [0.25, 0.3) is 0 Å². The Morgan fingerprint density at radius 1 is 1.50 bits per heavy atom. The lowest BCUT2D eigenvalue weighted by atomic mass is 10.1. The molecule has 0 fully saturated rings. The molecule has 0 aromatic carbocycles. The Kier molecular flexibility index (Phi) is 5.85. The molecule has 0 radical (unpaired) electrons. The highest BCUT2D eigenvalue weighted by Crippen LogP contribution is 2.14. The third-order valence-electron chi connectivity index (χ3n) is 2.94. The van der Waals surface area contributed by atoms with Crippen LogP contribution in [0, 0.1) is 13.8 Å². The van der Waals surface area contributed by atoms with Crippen molar-refractivity contribution in [1.29, 1.82) is 0 Å². The number of nitrogens with one attached hydrogen (secondary N) is 1. The standard InChI is InChI=1S/C13H22N2O3/c1-4-5-11(16)8-14-13(17)7-6-12-9(2)15-18-10(12)3/h11,16H,4-8H2,1-3H3,(H,14,17). The lowest BCUT2D eigenvalue weighted by Crippen LogP contribution is -2.32. The largest absolute Gasteiger partial charge is 0.391 e. The highest BCUT2D eigenvalue weighted by Gasteiger charge is 2.11. The van der Waals surface area contributed by atoms with Gasteiger partial charge >= 0.3 is 0 Å². The second-order valence-corrected chi connectivity index (χ2v) is 4.55. The minimum absolute atomic E-state index is 0.0508. The molecule has 1 atom stereocenters. The lowest BCUT2D eigenvalue weighted by Gasteiger charge is -2.10. The summed E-state index contributed by atoms with van der Waals surface area (Å²) in [5.41, 5.74) is 1.84. The van der Waals surface area contributed by atoms with Crippen LogP contribution in [0.5, 0.6) is 0 Å². The highest BCUT2D eigenvalue weighted by atomic mass is 16.5. The molecule has 5 nitrogen and oxygen atoms in total. The molecule has 18 heavy (non-hydrogen) atoms. The van der Waals surface area contributed by atoms with Gasteiger partial charge in [0, 0.05) is 18.5 Å². The van der Waals surface area contributed by atoms with Crippen LogP contribution in [0.15, 0.2) is 4.52 Å². The van der Waals surface area contributed by atoms with Gasteiger partial charge in [0.2, 0.25) is 5.91 Å². The quantitative estimate of drug-likeness (QED) is 0.773. The van der Waals surface area contributed by atoms with Crippen LogP contribution in [0.4, 0.5) is 0 Å². The Labute approximate surface area is 108 Å². The number of amides is 1. The molecule has 1 aromatic heterocycles. The van der Waals surface area contributed by atoms with Crippen LogP contribution in [-0.4, -0.2) is 28.8 Å². The van der Waals surface area contributed by atoms with Crippen LogP contribution in [-0.2, 0) is 11.2 Å². The van der Waals surface area contributed by atoms with E-state index in [1.165, 1.54) is 0 Å². The smallest absolute Gasteiger partial charge is 0.220 e. The van der Waals surface area contributed by atoms with Crippen LogP contribution in [0.1, 0.15) is 43.2 Å². The van der Waals surface area contributed by atoms with Gasteiger partial charge in [-0.15, -0.1) is 0 Å². The minimum Gasteiger partial charge on any atom is -0.391 e. The zero-order valence-electron chi connectivity index (χ0n) is 11.3. The number of nitrogens with zero attached hydrogens (tertiary/aromatic N) is 1. The van der Waals surface area contributed by atoms with Gasteiger partial charge in [-0.05, 0) is 26.7 Å². The fraction of sp³-hybridized carbons (Fsp3) is 0.692. The number of hydrogen-bond acceptors (Lipinski definition) is 4. The third kappa shape index (κ3) is 4.49. The predicted octanol–water partition coefficient (Wildman–Crippen LogP) is 1.50. The zero-order chi connectivity index (χ0) is 13.5. The van der Waals surface area contributed by atoms with Gasteiger partial charge in [-0.1, -0.05) is 18.5 Å². The van der Waals surface area contributed by atoms with Crippen molar-refractivity contribution in [1.82, 2.24) is 10.5 Å². The molecule has 0 bridgehead atoms. The van der Waals surface area contributed by atoms with E-state index in [-0.39, 0.29) is 5.91 Å². The SMILES string of the molecule is CCCC(O)CNC(=O)CCc1c(C)noc1C. The first kappa shape index (κ1) is 14.7. The summed E-state index contributed by atoms with van der Waals surface area (Å²) in [4.78, 5) is 11.6. The molecule has 0 aliphatic heterocycles. The zero-order valence-corrected chi connectivity index (χ0v) is 11.3. The van der Waals surface area contributed by atoms with E-state index in [0.717, 1.165) is 23.4 Å². The Balaban J connectivity index is 2.29. The van der Waals surface area contributed by atoms with Crippen molar-refractivity contribution in [2.45, 2.75) is 52.6 Å². The van der Waals surface area contributed by atoms with Crippen molar-refractivity contribution in [3.63, 3.8) is 0 Å². The first-order valence-corrected chi connectivity index (χ1v) is 6.41. The average Bonchev–Trinajstić information content (AvgIpc) is 2.64. The molecule has 0 saturated carbocycles. The van der Waals surface area contributed by atoms with E-state index < -0.39 is 6.10 Å². The van der Waals surface area contributed by atoms with Crippen LogP contribution in [0.2, 0.25) is 0 Å². The summed E-state index contributed by atoms with van der Waals surface area (Å²) in [6, 6.07) is 0. The van der Waals surface area contributed by atoms with Crippen molar-refractivity contribution in [3.8, 4) is 0 Å². The number of aromatic nitrogens is 1. The van der Waals surface area contributed by atoms with Gasteiger partial charge in [-0.25, -0.2) is 0 Å². The van der Waals surface area contributed by atoms with Gasteiger partial charge in [0.15, 0.2) is 0 Å². The predicted molar refractivity (Wildman–Crippen MR) is 68.2 cm³/mol. The molecule has 0 spiro atoms. The second-order valence-electron chi connectivity index (χ2n) is 4.55. The van der Waals surface area contributed by atoms with Gasteiger partial charge in [0.1, 0.15) is 5.76 Å². The van der Waals surface area contributed by atoms with Crippen molar-refractivity contribution in [2.24, 2.45) is 0 Å². The van der Waals surface area contributed by atoms with E-state index >= 15 is 0 Å². The van der Waals surface area contributed by atoms with Crippen molar-refractivity contribution in [2.75, 3.05) is 6.54 Å². The number of rotatable bonds is 7. The number of carbonyl (C=O) groups excluding carboxylic acids is 1. The van der Waals surface area contributed by atoms with Crippen LogP contribution >= 0.6 is 0 Å². The molecule has 1 rings (SSSR count). The number of hydrogen-bond donors (Lipinski definition) is 2. The molecule has 5 heteroatoms. The monoisotopic (exact) mass is 254 g/mol. The molecule has 2 N–H and O–H groups in total. The van der Waals surface area contributed by atoms with E-state index in [2.05, 4.69) is 10.5 Å². The molecular formula is C13H22N2O3. The van der Waals surface area contributed by atoms with Crippen LogP contribution in [0.25, 0.3) is 0 Å². The van der Waals surface area contributed by atoms with Gasteiger partial charge in [-0.2, -0.15) is 0 Å². The fourth-order valence-electron chi connectivity index (χ4n) is 1.85. The van der Waals surface area contributed by atoms with E-state index in [4.69, 9.17) is 4.52 Å². The first-order chi connectivity index (χ1) is 8.54. The third-order valence-corrected chi connectivity index (χ3v) is 2.94. The number of carbonyl (C=O) groups is 1. The summed E-state index contributed by atoms with van der Waals surface area (Å²) >= 11 is 0. The van der Waals surface area contributed by atoms with Crippen molar-refractivity contribution in [3.05, 3.63) is 17.0 Å². The maximum Gasteiger partial charge on any atom is 0.220 e. The van der Waals surface area contributed by atoms with Gasteiger partial charge in [0.05, 0.1) is 11.8 Å². The highest BCUT2D eigenvalue weighted by molar-refractivity contribution is 5.76. The van der Waals surface area contributed by atoms with Crippen LogP contribution < -0.4 is 5.32 Å². The molecule has 0 saturated heterocycles. The van der Waals surface area contributed by atoms with E-state index in [0.29, 0.717) is 25.8 Å². The van der Waals surface area contributed by atoms with Gasteiger partial charge < -0.3 is 14.9 Å². The van der Waals surface area contributed by atoms with Crippen LogP contribution in [0.3, 0.4) is 0 Å². The van der Waals surface area contributed by atoms with E-state index in [9.17, 15) is 9.90 Å². The van der Waals surface area contributed by atoms with Gasteiger partial charge in [-0.3, -0.25) is 4.79 Å². The molecule has 1 aromatic rings. The average molecular weight is 254 g/mol. The number of aliphatic hydroxyl groups excluding tert-OH is 1. The summed E-state index contributed by atoms with van der Waals surface area (Å²) in [6.45, 7) is 6.05. The lowest BCUT2D eigenvalue weighted by molar-refractivity contribution is -0.121. The molecule has 1 heterocycles. The molecule has 0 aliphatic rings.